The third-order valence-corrected chi connectivity index (χ3v) is 7.11. The van der Waals surface area contributed by atoms with Crippen LogP contribution in [0.25, 0.3) is 0 Å². The molecule has 6 heteroatoms. The maximum absolute atomic E-state index is 13.2. The van der Waals surface area contributed by atoms with Crippen LogP contribution in [-0.4, -0.2) is 46.4 Å². The average Bonchev–Trinajstić information content (AvgIpc) is 3.17. The molecule has 150 valence electrons. The predicted molar refractivity (Wildman–Crippen MR) is 113 cm³/mol. The summed E-state index contributed by atoms with van der Waals surface area (Å²) in [5, 5.41) is 2.08. The van der Waals surface area contributed by atoms with Gasteiger partial charge in [-0.15, -0.1) is 11.3 Å². The highest BCUT2D eigenvalue weighted by atomic mass is 32.1. The first-order chi connectivity index (χ1) is 13.7. The summed E-state index contributed by atoms with van der Waals surface area (Å²) in [6, 6.07) is 4.52. The number of likely N-dealkylation sites (tertiary alicyclic amines) is 1. The number of hydrogen-bond acceptors (Lipinski definition) is 5. The van der Waals surface area contributed by atoms with Gasteiger partial charge in [0.2, 0.25) is 0 Å². The number of rotatable bonds is 5. The van der Waals surface area contributed by atoms with E-state index in [1.807, 2.05) is 11.1 Å². The van der Waals surface area contributed by atoms with E-state index in [2.05, 4.69) is 34.3 Å². The summed E-state index contributed by atoms with van der Waals surface area (Å²) in [6.45, 7) is 6.31. The molecule has 0 aliphatic carbocycles. The van der Waals surface area contributed by atoms with Crippen molar-refractivity contribution in [3.05, 3.63) is 51.0 Å². The lowest BCUT2D eigenvalue weighted by Gasteiger charge is -2.35. The van der Waals surface area contributed by atoms with Crippen molar-refractivity contribution in [2.45, 2.75) is 58.2 Å². The quantitative estimate of drug-likeness (QED) is 0.840. The Hall–Kier alpha value is -1.76. The zero-order chi connectivity index (χ0) is 19.5. The molecule has 1 fully saturated rings. The SMILES string of the molecule is CCc1ccc(CN2CCc3c(C(=O)N4CCCC[C@@H]4CN)csc3C2)nc1. The van der Waals surface area contributed by atoms with Crippen LogP contribution in [0.15, 0.2) is 23.7 Å². The van der Waals surface area contributed by atoms with Crippen LogP contribution in [0.2, 0.25) is 0 Å². The van der Waals surface area contributed by atoms with Gasteiger partial charge in [-0.2, -0.15) is 0 Å². The number of hydrogen-bond donors (Lipinski definition) is 1. The van der Waals surface area contributed by atoms with Gasteiger partial charge in [-0.3, -0.25) is 14.7 Å². The van der Waals surface area contributed by atoms with Crippen molar-refractivity contribution in [2.24, 2.45) is 5.73 Å². The standard InChI is InChI=1S/C22H30N4OS/c1-2-16-6-7-17(24-12-16)13-25-10-8-19-20(15-28-21(19)14-25)22(27)26-9-4-3-5-18(26)11-23/h6-7,12,15,18H,2-5,8-11,13-14,23H2,1H3/t18-/m1/s1. The van der Waals surface area contributed by atoms with Gasteiger partial charge in [-0.05, 0) is 49.3 Å². The number of aromatic nitrogens is 1. The number of amides is 1. The molecule has 2 aliphatic rings. The van der Waals surface area contributed by atoms with E-state index in [1.54, 1.807) is 11.3 Å². The van der Waals surface area contributed by atoms with Gasteiger partial charge in [0, 0.05) is 55.2 Å². The van der Waals surface area contributed by atoms with Gasteiger partial charge in [0.15, 0.2) is 0 Å². The average molecular weight is 399 g/mol. The first-order valence-corrected chi connectivity index (χ1v) is 11.3. The zero-order valence-electron chi connectivity index (χ0n) is 16.7. The number of piperidine rings is 1. The largest absolute Gasteiger partial charge is 0.334 e. The molecule has 0 radical (unpaired) electrons. The van der Waals surface area contributed by atoms with Crippen LogP contribution < -0.4 is 5.73 Å². The summed E-state index contributed by atoms with van der Waals surface area (Å²) in [5.41, 5.74) is 10.5. The van der Waals surface area contributed by atoms with Gasteiger partial charge in [-0.25, -0.2) is 0 Å². The second kappa shape index (κ2) is 8.72. The van der Waals surface area contributed by atoms with E-state index in [4.69, 9.17) is 5.73 Å². The van der Waals surface area contributed by atoms with E-state index < -0.39 is 0 Å². The van der Waals surface area contributed by atoms with E-state index >= 15 is 0 Å². The number of carbonyl (C=O) groups excluding carboxylic acids is 1. The molecule has 4 heterocycles. The van der Waals surface area contributed by atoms with Gasteiger partial charge in [0.25, 0.3) is 5.91 Å². The van der Waals surface area contributed by atoms with E-state index in [9.17, 15) is 4.79 Å². The third kappa shape index (κ3) is 4.00. The molecular formula is C22H30N4OS. The van der Waals surface area contributed by atoms with Gasteiger partial charge >= 0.3 is 0 Å². The van der Waals surface area contributed by atoms with Crippen LogP contribution in [0.5, 0.6) is 0 Å². The highest BCUT2D eigenvalue weighted by molar-refractivity contribution is 7.10. The molecule has 28 heavy (non-hydrogen) atoms. The highest BCUT2D eigenvalue weighted by Crippen LogP contribution is 2.31. The normalized spacial score (nSPS) is 20.2. The van der Waals surface area contributed by atoms with Crippen molar-refractivity contribution in [1.29, 1.82) is 0 Å². The maximum atomic E-state index is 13.2. The molecule has 0 saturated carbocycles. The van der Waals surface area contributed by atoms with Crippen molar-refractivity contribution in [1.82, 2.24) is 14.8 Å². The summed E-state index contributed by atoms with van der Waals surface area (Å²) < 4.78 is 0. The zero-order valence-corrected chi connectivity index (χ0v) is 17.5. The molecule has 1 atom stereocenters. The Balaban J connectivity index is 1.44. The molecule has 0 aromatic carbocycles. The molecule has 0 spiro atoms. The number of nitrogens with zero attached hydrogens (tertiary/aromatic N) is 3. The summed E-state index contributed by atoms with van der Waals surface area (Å²) in [4.78, 5) is 23.6. The van der Waals surface area contributed by atoms with Crippen LogP contribution in [0.1, 0.15) is 58.2 Å². The lowest BCUT2D eigenvalue weighted by molar-refractivity contribution is 0.0622. The molecule has 5 nitrogen and oxygen atoms in total. The van der Waals surface area contributed by atoms with Crippen molar-refractivity contribution in [3.63, 3.8) is 0 Å². The van der Waals surface area contributed by atoms with Crippen LogP contribution in [-0.2, 0) is 25.9 Å². The molecule has 0 unspecified atom stereocenters. The minimum Gasteiger partial charge on any atom is -0.334 e. The summed E-state index contributed by atoms with van der Waals surface area (Å²) in [5.74, 6) is 0.193. The Bertz CT molecular complexity index is 816. The Morgan fingerprint density at radius 1 is 1.32 bits per heavy atom. The maximum Gasteiger partial charge on any atom is 0.255 e. The summed E-state index contributed by atoms with van der Waals surface area (Å²) in [6.07, 6.45) is 7.25. The smallest absolute Gasteiger partial charge is 0.255 e. The van der Waals surface area contributed by atoms with Gasteiger partial charge < -0.3 is 10.6 Å². The lowest BCUT2D eigenvalue weighted by atomic mass is 9.98. The predicted octanol–water partition coefficient (Wildman–Crippen LogP) is 3.22. The fourth-order valence-corrected chi connectivity index (χ4v) is 5.46. The van der Waals surface area contributed by atoms with Crippen molar-refractivity contribution < 1.29 is 4.79 Å². The van der Waals surface area contributed by atoms with E-state index in [1.165, 1.54) is 22.4 Å². The second-order valence-electron chi connectivity index (χ2n) is 7.91. The van der Waals surface area contributed by atoms with Crippen molar-refractivity contribution in [2.75, 3.05) is 19.6 Å². The Labute approximate surface area is 171 Å². The summed E-state index contributed by atoms with van der Waals surface area (Å²) >= 11 is 1.73. The second-order valence-corrected chi connectivity index (χ2v) is 8.87. The molecule has 2 aliphatic heterocycles. The fourth-order valence-electron chi connectivity index (χ4n) is 4.35. The topological polar surface area (TPSA) is 62.5 Å². The number of fused-ring (bicyclic) bond motifs is 1. The molecule has 1 amide bonds. The van der Waals surface area contributed by atoms with E-state index in [0.29, 0.717) is 6.54 Å². The first-order valence-electron chi connectivity index (χ1n) is 10.5. The van der Waals surface area contributed by atoms with Crippen LogP contribution in [0, 0.1) is 0 Å². The number of carbonyl (C=O) groups is 1. The van der Waals surface area contributed by atoms with Gasteiger partial charge in [0.1, 0.15) is 0 Å². The van der Waals surface area contributed by atoms with Crippen molar-refractivity contribution in [3.8, 4) is 0 Å². The van der Waals surface area contributed by atoms with Gasteiger partial charge in [0.05, 0.1) is 11.3 Å². The van der Waals surface area contributed by atoms with Crippen LogP contribution in [0.4, 0.5) is 0 Å². The Morgan fingerprint density at radius 2 is 2.21 bits per heavy atom. The van der Waals surface area contributed by atoms with E-state index in [-0.39, 0.29) is 11.9 Å². The summed E-state index contributed by atoms with van der Waals surface area (Å²) in [7, 11) is 0. The lowest BCUT2D eigenvalue weighted by Crippen LogP contribution is -2.47. The number of aryl methyl sites for hydroxylation is 1. The molecule has 4 rings (SSSR count). The van der Waals surface area contributed by atoms with Gasteiger partial charge in [-0.1, -0.05) is 13.0 Å². The van der Waals surface area contributed by atoms with Crippen LogP contribution in [0.3, 0.4) is 0 Å². The number of pyridine rings is 1. The minimum atomic E-state index is 0.193. The third-order valence-electron chi connectivity index (χ3n) is 6.10. The highest BCUT2D eigenvalue weighted by Gasteiger charge is 2.30. The molecule has 2 aromatic rings. The fraction of sp³-hybridized carbons (Fsp3) is 0.545. The monoisotopic (exact) mass is 398 g/mol. The number of thiophene rings is 1. The molecule has 0 bridgehead atoms. The molecule has 2 aromatic heterocycles. The molecule has 1 saturated heterocycles. The Kier molecular flexibility index (Phi) is 6.09. The van der Waals surface area contributed by atoms with Crippen molar-refractivity contribution >= 4 is 17.2 Å². The number of nitrogens with two attached hydrogens (primary N) is 1. The molecule has 2 N–H and O–H groups in total. The Morgan fingerprint density at radius 3 is 2.96 bits per heavy atom. The molecular weight excluding hydrogens is 368 g/mol. The van der Waals surface area contributed by atoms with Crippen LogP contribution >= 0.6 is 11.3 Å². The minimum absolute atomic E-state index is 0.193. The van der Waals surface area contributed by atoms with E-state index in [0.717, 1.165) is 63.1 Å². The first kappa shape index (κ1) is 19.6.